The molecule has 1 aromatic rings. The van der Waals surface area contributed by atoms with Gasteiger partial charge in [0.05, 0.1) is 0 Å². The molecule has 0 radical (unpaired) electrons. The number of carbonyl (C=O) groups excluding carboxylic acids is 1. The highest BCUT2D eigenvalue weighted by atomic mass is 35.5. The van der Waals surface area contributed by atoms with E-state index in [0.717, 1.165) is 32.6 Å². The van der Waals surface area contributed by atoms with Crippen LogP contribution in [-0.2, 0) is 0 Å². The van der Waals surface area contributed by atoms with E-state index in [9.17, 15) is 4.79 Å². The highest BCUT2D eigenvalue weighted by molar-refractivity contribution is 6.33. The number of carbonyl (C=O) groups is 1. The van der Waals surface area contributed by atoms with E-state index in [1.807, 2.05) is 4.90 Å². The summed E-state index contributed by atoms with van der Waals surface area (Å²) < 4.78 is 0. The number of amides is 1. The van der Waals surface area contributed by atoms with Crippen molar-refractivity contribution in [2.75, 3.05) is 26.2 Å². The minimum Gasteiger partial charge on any atom is -0.336 e. The second kappa shape index (κ2) is 6.74. The van der Waals surface area contributed by atoms with Crippen LogP contribution in [0, 0.1) is 0 Å². The smallest absolute Gasteiger partial charge is 0.254 e. The summed E-state index contributed by atoms with van der Waals surface area (Å²) in [7, 11) is 0. The lowest BCUT2D eigenvalue weighted by molar-refractivity contribution is 0.0579. The molecule has 1 unspecified atom stereocenters. The molecule has 1 amide bonds. The standard InChI is InChI=1S/C14H19Cl2N3O/c1-3-10(2)18-4-6-19(7-5-18)14(20)11-8-12(15)17-13(16)9-11/h8-10H,3-7H2,1-2H3. The van der Waals surface area contributed by atoms with Crippen LogP contribution in [0.25, 0.3) is 0 Å². The van der Waals surface area contributed by atoms with Crippen molar-refractivity contribution in [2.24, 2.45) is 0 Å². The Hall–Kier alpha value is -0.840. The van der Waals surface area contributed by atoms with Gasteiger partial charge in [-0.05, 0) is 25.5 Å². The van der Waals surface area contributed by atoms with E-state index < -0.39 is 0 Å². The zero-order chi connectivity index (χ0) is 14.7. The average molecular weight is 316 g/mol. The maximum absolute atomic E-state index is 12.4. The Morgan fingerprint density at radius 2 is 1.80 bits per heavy atom. The molecule has 0 aromatic carbocycles. The Balaban J connectivity index is 2.01. The summed E-state index contributed by atoms with van der Waals surface area (Å²) in [5.41, 5.74) is 0.506. The fourth-order valence-electron chi connectivity index (χ4n) is 2.39. The van der Waals surface area contributed by atoms with E-state index in [2.05, 4.69) is 23.7 Å². The van der Waals surface area contributed by atoms with Gasteiger partial charge in [0, 0.05) is 37.8 Å². The average Bonchev–Trinajstić information content (AvgIpc) is 2.45. The van der Waals surface area contributed by atoms with Crippen molar-refractivity contribution in [3.63, 3.8) is 0 Å². The van der Waals surface area contributed by atoms with Crippen LogP contribution in [0.15, 0.2) is 12.1 Å². The molecule has 1 saturated heterocycles. The fourth-order valence-corrected chi connectivity index (χ4v) is 2.86. The molecule has 0 spiro atoms. The first-order valence-electron chi connectivity index (χ1n) is 6.87. The van der Waals surface area contributed by atoms with Crippen LogP contribution in [0.4, 0.5) is 0 Å². The van der Waals surface area contributed by atoms with Crippen LogP contribution in [0.3, 0.4) is 0 Å². The van der Waals surface area contributed by atoms with Crippen LogP contribution in [0.5, 0.6) is 0 Å². The molecule has 1 fully saturated rings. The van der Waals surface area contributed by atoms with Gasteiger partial charge in [0.25, 0.3) is 5.91 Å². The molecule has 0 bridgehead atoms. The molecular weight excluding hydrogens is 297 g/mol. The van der Waals surface area contributed by atoms with Crippen molar-refractivity contribution < 1.29 is 4.79 Å². The predicted molar refractivity (Wildman–Crippen MR) is 81.5 cm³/mol. The van der Waals surface area contributed by atoms with Gasteiger partial charge in [0.15, 0.2) is 0 Å². The summed E-state index contributed by atoms with van der Waals surface area (Å²) in [4.78, 5) is 20.5. The molecule has 0 aliphatic carbocycles. The second-order valence-electron chi connectivity index (χ2n) is 5.09. The predicted octanol–water partition coefficient (Wildman–Crippen LogP) is 2.94. The highest BCUT2D eigenvalue weighted by Crippen LogP contribution is 2.17. The third kappa shape index (κ3) is 3.62. The Morgan fingerprint density at radius 1 is 1.25 bits per heavy atom. The molecule has 110 valence electrons. The molecule has 2 rings (SSSR count). The Kier molecular flexibility index (Phi) is 5.24. The van der Waals surface area contributed by atoms with Crippen LogP contribution >= 0.6 is 23.2 Å². The highest BCUT2D eigenvalue weighted by Gasteiger charge is 2.24. The zero-order valence-electron chi connectivity index (χ0n) is 11.8. The van der Waals surface area contributed by atoms with Gasteiger partial charge in [0.1, 0.15) is 10.3 Å². The molecule has 1 aliphatic heterocycles. The van der Waals surface area contributed by atoms with Gasteiger partial charge in [0.2, 0.25) is 0 Å². The van der Waals surface area contributed by atoms with E-state index in [1.54, 1.807) is 12.1 Å². The zero-order valence-corrected chi connectivity index (χ0v) is 13.3. The van der Waals surface area contributed by atoms with Gasteiger partial charge in [-0.1, -0.05) is 30.1 Å². The summed E-state index contributed by atoms with van der Waals surface area (Å²) in [6, 6.07) is 3.70. The maximum Gasteiger partial charge on any atom is 0.254 e. The summed E-state index contributed by atoms with van der Waals surface area (Å²) >= 11 is 11.7. The van der Waals surface area contributed by atoms with Crippen molar-refractivity contribution in [1.82, 2.24) is 14.8 Å². The minimum atomic E-state index is -0.0278. The molecule has 2 heterocycles. The number of aromatic nitrogens is 1. The topological polar surface area (TPSA) is 36.4 Å². The number of nitrogens with zero attached hydrogens (tertiary/aromatic N) is 3. The largest absolute Gasteiger partial charge is 0.336 e. The molecule has 1 aromatic heterocycles. The Bertz CT molecular complexity index is 467. The van der Waals surface area contributed by atoms with Gasteiger partial charge in [-0.25, -0.2) is 4.98 Å². The number of hydrogen-bond acceptors (Lipinski definition) is 3. The van der Waals surface area contributed by atoms with Crippen LogP contribution in [-0.4, -0.2) is 52.9 Å². The summed E-state index contributed by atoms with van der Waals surface area (Å²) in [5.74, 6) is -0.0278. The van der Waals surface area contributed by atoms with Crippen LogP contribution in [0.2, 0.25) is 10.3 Å². The molecular formula is C14H19Cl2N3O. The SMILES string of the molecule is CCC(C)N1CCN(C(=O)c2cc(Cl)nc(Cl)c2)CC1. The molecule has 20 heavy (non-hydrogen) atoms. The fraction of sp³-hybridized carbons (Fsp3) is 0.571. The van der Waals surface area contributed by atoms with Gasteiger partial charge in [-0.15, -0.1) is 0 Å². The molecule has 0 saturated carbocycles. The van der Waals surface area contributed by atoms with Gasteiger partial charge < -0.3 is 4.90 Å². The summed E-state index contributed by atoms with van der Waals surface area (Å²) in [6.45, 7) is 7.70. The van der Waals surface area contributed by atoms with E-state index in [4.69, 9.17) is 23.2 Å². The van der Waals surface area contributed by atoms with Crippen LogP contribution < -0.4 is 0 Å². The van der Waals surface area contributed by atoms with E-state index >= 15 is 0 Å². The van der Waals surface area contributed by atoms with Gasteiger partial charge >= 0.3 is 0 Å². The lowest BCUT2D eigenvalue weighted by Gasteiger charge is -2.37. The van der Waals surface area contributed by atoms with Crippen molar-refractivity contribution in [3.05, 3.63) is 28.0 Å². The number of hydrogen-bond donors (Lipinski definition) is 0. The van der Waals surface area contributed by atoms with Gasteiger partial charge in [-0.2, -0.15) is 0 Å². The number of piperazine rings is 1. The molecule has 6 heteroatoms. The van der Waals surface area contributed by atoms with E-state index in [0.29, 0.717) is 11.6 Å². The lowest BCUT2D eigenvalue weighted by Crippen LogP contribution is -2.51. The van der Waals surface area contributed by atoms with E-state index in [-0.39, 0.29) is 16.2 Å². The first-order valence-corrected chi connectivity index (χ1v) is 7.63. The third-order valence-corrected chi connectivity index (χ3v) is 4.21. The second-order valence-corrected chi connectivity index (χ2v) is 5.86. The number of halogens is 2. The first kappa shape index (κ1) is 15.5. The molecule has 0 N–H and O–H groups in total. The monoisotopic (exact) mass is 315 g/mol. The van der Waals surface area contributed by atoms with Crippen molar-refractivity contribution in [1.29, 1.82) is 0 Å². The normalized spacial score (nSPS) is 18.1. The lowest BCUT2D eigenvalue weighted by atomic mass is 10.1. The third-order valence-electron chi connectivity index (χ3n) is 3.83. The molecule has 4 nitrogen and oxygen atoms in total. The number of pyridine rings is 1. The Morgan fingerprint density at radius 3 is 2.30 bits per heavy atom. The van der Waals surface area contributed by atoms with E-state index in [1.165, 1.54) is 0 Å². The molecule has 1 aliphatic rings. The summed E-state index contributed by atoms with van der Waals surface area (Å²) in [6.07, 6.45) is 1.13. The van der Waals surface area contributed by atoms with Crippen molar-refractivity contribution in [3.8, 4) is 0 Å². The van der Waals surface area contributed by atoms with Crippen molar-refractivity contribution in [2.45, 2.75) is 26.3 Å². The molecule has 1 atom stereocenters. The van der Waals surface area contributed by atoms with Crippen molar-refractivity contribution >= 4 is 29.1 Å². The first-order chi connectivity index (χ1) is 9.51. The van der Waals surface area contributed by atoms with Gasteiger partial charge in [-0.3, -0.25) is 9.69 Å². The quantitative estimate of drug-likeness (QED) is 0.805. The van der Waals surface area contributed by atoms with Crippen LogP contribution in [0.1, 0.15) is 30.6 Å². The Labute approximate surface area is 129 Å². The maximum atomic E-state index is 12.4. The minimum absolute atomic E-state index is 0.0278. The summed E-state index contributed by atoms with van der Waals surface area (Å²) in [5, 5.41) is 0.498. The number of rotatable bonds is 3.